The summed E-state index contributed by atoms with van der Waals surface area (Å²) in [5.41, 5.74) is 10.2. The molecular formula is C20H17ClN4O. The Morgan fingerprint density at radius 3 is 2.69 bits per heavy atom. The van der Waals surface area contributed by atoms with E-state index in [0.717, 1.165) is 33.2 Å². The molecule has 5 nitrogen and oxygen atoms in total. The van der Waals surface area contributed by atoms with E-state index in [9.17, 15) is 0 Å². The molecule has 0 spiro atoms. The number of fused-ring (bicyclic) bond motifs is 2. The Hall–Kier alpha value is -2.92. The van der Waals surface area contributed by atoms with E-state index >= 15 is 0 Å². The average Bonchev–Trinajstić information content (AvgIpc) is 2.67. The second-order valence-electron chi connectivity index (χ2n) is 5.96. The zero-order chi connectivity index (χ0) is 18.1. The highest BCUT2D eigenvalue weighted by Gasteiger charge is 2.14. The molecular weight excluding hydrogens is 348 g/mol. The molecule has 4 rings (SSSR count). The van der Waals surface area contributed by atoms with Gasteiger partial charge in [-0.3, -0.25) is 4.98 Å². The minimum absolute atomic E-state index is 0.364. The van der Waals surface area contributed by atoms with Gasteiger partial charge in [0, 0.05) is 35.3 Å². The van der Waals surface area contributed by atoms with Gasteiger partial charge in [0.25, 0.3) is 0 Å². The van der Waals surface area contributed by atoms with Crippen molar-refractivity contribution in [2.45, 2.75) is 6.42 Å². The number of benzene rings is 2. The number of alkyl halides is 1. The molecule has 0 aliphatic rings. The van der Waals surface area contributed by atoms with E-state index in [2.05, 4.69) is 9.97 Å². The summed E-state index contributed by atoms with van der Waals surface area (Å²) < 4.78 is 5.44. The molecule has 2 aromatic heterocycles. The maximum atomic E-state index is 6.23. The van der Waals surface area contributed by atoms with Crippen molar-refractivity contribution >= 4 is 39.2 Å². The van der Waals surface area contributed by atoms with Gasteiger partial charge >= 0.3 is 0 Å². The monoisotopic (exact) mass is 364 g/mol. The molecule has 0 aliphatic heterocycles. The van der Waals surface area contributed by atoms with Crippen molar-refractivity contribution in [1.29, 1.82) is 0 Å². The van der Waals surface area contributed by atoms with Crippen LogP contribution in [-0.4, -0.2) is 27.9 Å². The van der Waals surface area contributed by atoms with Gasteiger partial charge in [-0.1, -0.05) is 24.3 Å². The van der Waals surface area contributed by atoms with Crippen LogP contribution in [0.1, 0.15) is 5.56 Å². The van der Waals surface area contributed by atoms with Crippen LogP contribution < -0.4 is 10.5 Å². The van der Waals surface area contributed by atoms with E-state index in [0.29, 0.717) is 29.3 Å². The number of aryl methyl sites for hydroxylation is 1. The smallest absolute Gasteiger partial charge is 0.150 e. The van der Waals surface area contributed by atoms with Crippen LogP contribution in [-0.2, 0) is 6.42 Å². The van der Waals surface area contributed by atoms with Gasteiger partial charge < -0.3 is 10.5 Å². The fourth-order valence-corrected chi connectivity index (χ4v) is 3.33. The molecule has 2 aromatic carbocycles. The Morgan fingerprint density at radius 2 is 1.88 bits per heavy atom. The van der Waals surface area contributed by atoms with E-state index in [1.54, 1.807) is 13.3 Å². The summed E-state index contributed by atoms with van der Waals surface area (Å²) in [6.07, 6.45) is 4.29. The van der Waals surface area contributed by atoms with Crippen LogP contribution in [0.2, 0.25) is 0 Å². The Morgan fingerprint density at radius 1 is 1.08 bits per heavy atom. The van der Waals surface area contributed by atoms with E-state index in [-0.39, 0.29) is 0 Å². The summed E-state index contributed by atoms with van der Waals surface area (Å²) >= 11 is 5.91. The molecule has 0 bridgehead atoms. The molecule has 2 heterocycles. The number of aromatic nitrogens is 3. The van der Waals surface area contributed by atoms with E-state index in [1.165, 1.54) is 0 Å². The Kier molecular flexibility index (Phi) is 4.31. The fraction of sp³-hybridized carbons (Fsp3) is 0.150. The standard InChI is InChI=1S/C20H17ClN4O/c1-26-18-9-17-16(8-12(18)6-7-21)24-19(20(22)25-17)15-11-23-10-13-4-2-3-5-14(13)15/h2-5,8-11H,6-7H2,1H3,(H2,22,25). The number of rotatable bonds is 4. The minimum atomic E-state index is 0.364. The molecule has 6 heteroatoms. The first-order chi connectivity index (χ1) is 12.7. The molecule has 0 saturated carbocycles. The van der Waals surface area contributed by atoms with Crippen LogP contribution in [0.4, 0.5) is 5.82 Å². The van der Waals surface area contributed by atoms with Crippen LogP contribution in [0, 0.1) is 0 Å². The van der Waals surface area contributed by atoms with Crippen molar-refractivity contribution < 1.29 is 4.74 Å². The average molecular weight is 365 g/mol. The maximum absolute atomic E-state index is 6.23. The van der Waals surface area contributed by atoms with Gasteiger partial charge in [-0.15, -0.1) is 11.6 Å². The summed E-state index contributed by atoms with van der Waals surface area (Å²) in [5, 5.41) is 2.07. The third kappa shape index (κ3) is 2.80. The summed E-state index contributed by atoms with van der Waals surface area (Å²) in [6.45, 7) is 0. The van der Waals surface area contributed by atoms with Crippen molar-refractivity contribution in [2.75, 3.05) is 18.7 Å². The first-order valence-corrected chi connectivity index (χ1v) is 8.78. The molecule has 0 atom stereocenters. The summed E-state index contributed by atoms with van der Waals surface area (Å²) in [5.74, 6) is 1.61. The molecule has 26 heavy (non-hydrogen) atoms. The lowest BCUT2D eigenvalue weighted by Gasteiger charge is -2.12. The first-order valence-electron chi connectivity index (χ1n) is 8.24. The Bertz CT molecular complexity index is 1110. The number of hydrogen-bond donors (Lipinski definition) is 1. The number of nitrogens with two attached hydrogens (primary N) is 1. The van der Waals surface area contributed by atoms with E-state index < -0.39 is 0 Å². The molecule has 0 saturated heterocycles. The van der Waals surface area contributed by atoms with Crippen LogP contribution in [0.5, 0.6) is 5.75 Å². The normalized spacial score (nSPS) is 11.2. The quantitative estimate of drug-likeness (QED) is 0.549. The highest BCUT2D eigenvalue weighted by atomic mass is 35.5. The molecule has 4 aromatic rings. The molecule has 2 N–H and O–H groups in total. The van der Waals surface area contributed by atoms with Crippen molar-refractivity contribution in [1.82, 2.24) is 15.0 Å². The third-order valence-electron chi connectivity index (χ3n) is 4.38. The number of nitrogens with zero attached hydrogens (tertiary/aromatic N) is 3. The second kappa shape index (κ2) is 6.77. The lowest BCUT2D eigenvalue weighted by molar-refractivity contribution is 0.411. The number of halogens is 1. The van der Waals surface area contributed by atoms with Crippen molar-refractivity contribution in [3.63, 3.8) is 0 Å². The minimum Gasteiger partial charge on any atom is -0.496 e. The number of methoxy groups -OCH3 is 1. The lowest BCUT2D eigenvalue weighted by Crippen LogP contribution is -2.01. The summed E-state index contributed by atoms with van der Waals surface area (Å²) in [7, 11) is 1.63. The maximum Gasteiger partial charge on any atom is 0.150 e. The molecule has 0 aliphatic carbocycles. The fourth-order valence-electron chi connectivity index (χ4n) is 3.13. The van der Waals surface area contributed by atoms with Gasteiger partial charge in [0.15, 0.2) is 5.82 Å². The molecule has 0 radical (unpaired) electrons. The van der Waals surface area contributed by atoms with Gasteiger partial charge in [0.2, 0.25) is 0 Å². The third-order valence-corrected chi connectivity index (χ3v) is 4.57. The Balaban J connectivity index is 1.96. The lowest BCUT2D eigenvalue weighted by atomic mass is 10.0. The number of ether oxygens (including phenoxy) is 1. The number of pyridine rings is 1. The van der Waals surface area contributed by atoms with Gasteiger partial charge in [-0.05, 0) is 23.4 Å². The van der Waals surface area contributed by atoms with Crippen LogP contribution in [0.3, 0.4) is 0 Å². The molecule has 130 valence electrons. The van der Waals surface area contributed by atoms with E-state index in [4.69, 9.17) is 27.1 Å². The van der Waals surface area contributed by atoms with Gasteiger partial charge in [-0.2, -0.15) is 0 Å². The van der Waals surface area contributed by atoms with Crippen molar-refractivity contribution in [3.05, 3.63) is 54.4 Å². The predicted octanol–water partition coefficient (Wildman–Crippen LogP) is 4.22. The van der Waals surface area contributed by atoms with Crippen molar-refractivity contribution in [3.8, 4) is 17.0 Å². The summed E-state index contributed by atoms with van der Waals surface area (Å²) in [6, 6.07) is 11.8. The van der Waals surface area contributed by atoms with Gasteiger partial charge in [0.1, 0.15) is 11.4 Å². The van der Waals surface area contributed by atoms with Crippen LogP contribution >= 0.6 is 11.6 Å². The topological polar surface area (TPSA) is 73.9 Å². The highest BCUT2D eigenvalue weighted by molar-refractivity contribution is 6.18. The van der Waals surface area contributed by atoms with Gasteiger partial charge in [0.05, 0.1) is 18.1 Å². The molecule has 0 fully saturated rings. The van der Waals surface area contributed by atoms with Crippen LogP contribution in [0.15, 0.2) is 48.8 Å². The van der Waals surface area contributed by atoms with Gasteiger partial charge in [-0.25, -0.2) is 9.97 Å². The van der Waals surface area contributed by atoms with Crippen molar-refractivity contribution in [2.24, 2.45) is 0 Å². The van der Waals surface area contributed by atoms with E-state index in [1.807, 2.05) is 42.6 Å². The predicted molar refractivity (Wildman–Crippen MR) is 106 cm³/mol. The largest absolute Gasteiger partial charge is 0.496 e. The highest BCUT2D eigenvalue weighted by Crippen LogP contribution is 2.32. The number of hydrogen-bond acceptors (Lipinski definition) is 5. The number of anilines is 1. The SMILES string of the molecule is COc1cc2nc(N)c(-c3cncc4ccccc34)nc2cc1CCCl. The first kappa shape index (κ1) is 16.5. The Labute approximate surface area is 155 Å². The number of nitrogen functional groups attached to an aromatic ring is 1. The molecule has 0 amide bonds. The second-order valence-corrected chi connectivity index (χ2v) is 6.34. The zero-order valence-corrected chi connectivity index (χ0v) is 15.0. The molecule has 0 unspecified atom stereocenters. The summed E-state index contributed by atoms with van der Waals surface area (Å²) in [4.78, 5) is 13.7. The zero-order valence-electron chi connectivity index (χ0n) is 14.2. The van der Waals surface area contributed by atoms with Crippen LogP contribution in [0.25, 0.3) is 33.1 Å².